The molecule has 1 aliphatic rings. The highest BCUT2D eigenvalue weighted by Gasteiger charge is 2.24. The lowest BCUT2D eigenvalue weighted by atomic mass is 9.92. The lowest BCUT2D eigenvalue weighted by molar-refractivity contribution is -0.119. The van der Waals surface area contributed by atoms with Gasteiger partial charge in [0.15, 0.2) is 0 Å². The molecule has 0 aliphatic carbocycles. The summed E-state index contributed by atoms with van der Waals surface area (Å²) >= 11 is 0. The molecule has 25 heavy (non-hydrogen) atoms. The molecule has 6 heteroatoms. The second kappa shape index (κ2) is 6.88. The number of nitrogens with one attached hydrogen (secondary N) is 1. The summed E-state index contributed by atoms with van der Waals surface area (Å²) in [7, 11) is 1.95. The molecule has 0 spiro atoms. The van der Waals surface area contributed by atoms with Crippen LogP contribution in [0.1, 0.15) is 32.2 Å². The van der Waals surface area contributed by atoms with Crippen molar-refractivity contribution in [3.8, 4) is 5.75 Å². The van der Waals surface area contributed by atoms with Gasteiger partial charge in [0.05, 0.1) is 24.5 Å². The molecule has 0 fully saturated rings. The first-order valence-corrected chi connectivity index (χ1v) is 8.60. The maximum Gasteiger partial charge on any atom is 0.241 e. The molecule has 1 amide bonds. The minimum Gasteiger partial charge on any atom is -0.490 e. The van der Waals surface area contributed by atoms with Crippen LogP contribution in [0.3, 0.4) is 0 Å². The molecule has 3 rings (SSSR count). The average Bonchev–Trinajstić information content (AvgIpc) is 3.02. The van der Waals surface area contributed by atoms with E-state index in [0.717, 1.165) is 22.8 Å². The number of aromatic nitrogens is 2. The van der Waals surface area contributed by atoms with Crippen molar-refractivity contribution >= 4 is 11.6 Å². The molecular weight excluding hydrogens is 316 g/mol. The van der Waals surface area contributed by atoms with Crippen LogP contribution >= 0.6 is 0 Å². The second-order valence-electron chi connectivity index (χ2n) is 7.56. The van der Waals surface area contributed by atoms with E-state index in [4.69, 9.17) is 4.74 Å². The largest absolute Gasteiger partial charge is 0.490 e. The van der Waals surface area contributed by atoms with Gasteiger partial charge in [-0.25, -0.2) is 0 Å². The number of hydrogen-bond acceptors (Lipinski definition) is 4. The third-order valence-electron chi connectivity index (χ3n) is 4.27. The topological polar surface area (TPSA) is 61.5 Å². The zero-order valence-electron chi connectivity index (χ0n) is 15.4. The van der Waals surface area contributed by atoms with Crippen molar-refractivity contribution in [2.75, 3.05) is 31.6 Å². The number of amides is 1. The molecule has 2 aromatic rings. The van der Waals surface area contributed by atoms with Crippen LogP contribution in [0.4, 0.5) is 5.69 Å². The summed E-state index contributed by atoms with van der Waals surface area (Å²) in [6.45, 7) is 8.52. The van der Waals surface area contributed by atoms with Crippen LogP contribution in [0.2, 0.25) is 0 Å². The third kappa shape index (κ3) is 4.02. The van der Waals surface area contributed by atoms with E-state index in [-0.39, 0.29) is 11.3 Å². The predicted molar refractivity (Wildman–Crippen MR) is 97.9 cm³/mol. The van der Waals surface area contributed by atoms with Crippen LogP contribution in [0.25, 0.3) is 0 Å². The number of nitrogens with zero attached hydrogens (tertiary/aromatic N) is 3. The van der Waals surface area contributed by atoms with Gasteiger partial charge < -0.3 is 9.64 Å². The van der Waals surface area contributed by atoms with E-state index in [1.165, 1.54) is 0 Å². The summed E-state index contributed by atoms with van der Waals surface area (Å²) in [5.41, 5.74) is 2.91. The van der Waals surface area contributed by atoms with Gasteiger partial charge in [-0.1, -0.05) is 32.9 Å². The average molecular weight is 342 g/mol. The van der Waals surface area contributed by atoms with Crippen LogP contribution in [0, 0.1) is 0 Å². The molecule has 0 atom stereocenters. The highest BCUT2D eigenvalue weighted by molar-refractivity contribution is 5.96. The van der Waals surface area contributed by atoms with E-state index in [1.54, 1.807) is 0 Å². The normalized spacial score (nSPS) is 14.4. The van der Waals surface area contributed by atoms with E-state index < -0.39 is 0 Å². The zero-order valence-corrected chi connectivity index (χ0v) is 15.4. The molecule has 0 radical (unpaired) electrons. The molecule has 134 valence electrons. The first-order chi connectivity index (χ1) is 11.8. The van der Waals surface area contributed by atoms with Gasteiger partial charge in [0.2, 0.25) is 5.91 Å². The van der Waals surface area contributed by atoms with Crippen molar-refractivity contribution in [1.29, 1.82) is 0 Å². The maximum atomic E-state index is 12.7. The van der Waals surface area contributed by atoms with Crippen molar-refractivity contribution in [2.45, 2.75) is 32.7 Å². The third-order valence-corrected chi connectivity index (χ3v) is 4.27. The Morgan fingerprint density at radius 2 is 2.12 bits per heavy atom. The molecule has 2 heterocycles. The van der Waals surface area contributed by atoms with Crippen LogP contribution in [-0.2, 0) is 16.8 Å². The molecule has 1 aromatic carbocycles. The van der Waals surface area contributed by atoms with Crippen LogP contribution in [-0.4, -0.2) is 47.7 Å². The van der Waals surface area contributed by atoms with Gasteiger partial charge in [-0.2, -0.15) is 5.10 Å². The molecule has 1 aromatic heterocycles. The summed E-state index contributed by atoms with van der Waals surface area (Å²) in [5, 5.41) is 7.45. The Kier molecular flexibility index (Phi) is 4.81. The molecular formula is C19H26N4O2. The first-order valence-electron chi connectivity index (χ1n) is 8.60. The fourth-order valence-electron chi connectivity index (χ4n) is 2.92. The number of carbonyl (C=O) groups is 1. The number of likely N-dealkylation sites (N-methyl/N-ethyl adjacent to an activating group) is 1. The van der Waals surface area contributed by atoms with Crippen molar-refractivity contribution in [1.82, 2.24) is 15.1 Å². The van der Waals surface area contributed by atoms with Crippen molar-refractivity contribution in [2.24, 2.45) is 0 Å². The lowest BCUT2D eigenvalue weighted by Gasteiger charge is -2.30. The van der Waals surface area contributed by atoms with E-state index in [9.17, 15) is 4.79 Å². The van der Waals surface area contributed by atoms with Gasteiger partial charge in [-0.15, -0.1) is 0 Å². The van der Waals surface area contributed by atoms with Crippen molar-refractivity contribution in [3.05, 3.63) is 41.7 Å². The van der Waals surface area contributed by atoms with Crippen LogP contribution in [0.15, 0.2) is 30.3 Å². The van der Waals surface area contributed by atoms with Crippen LogP contribution < -0.4 is 9.64 Å². The van der Waals surface area contributed by atoms with Gasteiger partial charge in [-0.05, 0) is 25.2 Å². The molecule has 1 N–H and O–H groups in total. The Balaban J connectivity index is 1.63. The summed E-state index contributed by atoms with van der Waals surface area (Å²) in [6, 6.07) is 9.75. The fraction of sp³-hybridized carbons (Fsp3) is 0.474. The van der Waals surface area contributed by atoms with Crippen molar-refractivity contribution in [3.63, 3.8) is 0 Å². The number of hydrogen-bond donors (Lipinski definition) is 1. The summed E-state index contributed by atoms with van der Waals surface area (Å²) < 4.78 is 5.62. The number of H-pyrrole nitrogens is 1. The number of para-hydroxylation sites is 2. The summed E-state index contributed by atoms with van der Waals surface area (Å²) in [6.07, 6.45) is 0. The van der Waals surface area contributed by atoms with E-state index in [2.05, 4.69) is 37.0 Å². The zero-order chi connectivity index (χ0) is 18.0. The second-order valence-corrected chi connectivity index (χ2v) is 7.56. The molecule has 0 saturated carbocycles. The molecule has 0 unspecified atom stereocenters. The van der Waals surface area contributed by atoms with E-state index >= 15 is 0 Å². The lowest BCUT2D eigenvalue weighted by Crippen LogP contribution is -2.43. The minimum absolute atomic E-state index is 0.0145. The molecule has 0 saturated heterocycles. The number of anilines is 1. The highest BCUT2D eigenvalue weighted by atomic mass is 16.5. The highest BCUT2D eigenvalue weighted by Crippen LogP contribution is 2.31. The summed E-state index contributed by atoms with van der Waals surface area (Å²) in [4.78, 5) is 16.5. The van der Waals surface area contributed by atoms with Gasteiger partial charge in [0.25, 0.3) is 0 Å². The number of ether oxygens (including phenoxy) is 1. The number of rotatable bonds is 4. The summed E-state index contributed by atoms with van der Waals surface area (Å²) in [5.74, 6) is 0.849. The minimum atomic E-state index is 0.0145. The van der Waals surface area contributed by atoms with Gasteiger partial charge in [0, 0.05) is 17.7 Å². The Labute approximate surface area is 148 Å². The number of aromatic amines is 1. The number of carbonyl (C=O) groups excluding carboxylic acids is 1. The first kappa shape index (κ1) is 17.5. The number of fused-ring (bicyclic) bond motifs is 1. The fourth-order valence-corrected chi connectivity index (χ4v) is 2.92. The van der Waals surface area contributed by atoms with Gasteiger partial charge in [0.1, 0.15) is 12.4 Å². The van der Waals surface area contributed by atoms with Gasteiger partial charge >= 0.3 is 0 Å². The quantitative estimate of drug-likeness (QED) is 0.928. The standard InChI is InChI=1S/C19H26N4O2/c1-19(2,3)17-11-14(20-21-17)12-22(4)13-18(24)23-9-10-25-16-8-6-5-7-15(16)23/h5-8,11H,9-10,12-13H2,1-4H3,(H,20,21). The smallest absolute Gasteiger partial charge is 0.241 e. The van der Waals surface area contributed by atoms with E-state index in [0.29, 0.717) is 26.2 Å². The van der Waals surface area contributed by atoms with Gasteiger partial charge in [-0.3, -0.25) is 14.8 Å². The molecule has 0 bridgehead atoms. The SMILES string of the molecule is CN(CC(=O)N1CCOc2ccccc21)Cc1cc(C(C)(C)C)n[nH]1. The van der Waals surface area contributed by atoms with Crippen molar-refractivity contribution < 1.29 is 9.53 Å². The molecule has 1 aliphatic heterocycles. The maximum absolute atomic E-state index is 12.7. The van der Waals surface area contributed by atoms with Crippen LogP contribution in [0.5, 0.6) is 5.75 Å². The Hall–Kier alpha value is -2.34. The predicted octanol–water partition coefficient (Wildman–Crippen LogP) is 2.56. The monoisotopic (exact) mass is 342 g/mol. The Morgan fingerprint density at radius 1 is 1.36 bits per heavy atom. The Bertz CT molecular complexity index is 748. The number of benzene rings is 1. The molecule has 6 nitrogen and oxygen atoms in total. The van der Waals surface area contributed by atoms with E-state index in [1.807, 2.05) is 41.1 Å². The Morgan fingerprint density at radius 3 is 2.84 bits per heavy atom.